The van der Waals surface area contributed by atoms with Crippen LogP contribution in [0.25, 0.3) is 0 Å². The van der Waals surface area contributed by atoms with Crippen LogP contribution in [0, 0.1) is 5.41 Å². The van der Waals surface area contributed by atoms with Gasteiger partial charge in [-0.05, 0) is 30.7 Å². The fourth-order valence-corrected chi connectivity index (χ4v) is 3.32. The molecule has 7 nitrogen and oxygen atoms in total. The van der Waals surface area contributed by atoms with Crippen LogP contribution in [0.2, 0.25) is 0 Å². The molecule has 4 N–H and O–H groups in total. The number of sulfonamides is 1. The molecule has 0 atom stereocenters. The second-order valence-electron chi connectivity index (χ2n) is 5.08. The highest BCUT2D eigenvalue weighted by Crippen LogP contribution is 2.48. The summed E-state index contributed by atoms with van der Waals surface area (Å²) in [6.07, 6.45) is 5.67. The van der Waals surface area contributed by atoms with Gasteiger partial charge >= 0.3 is 0 Å². The molecule has 0 aromatic carbocycles. The first-order chi connectivity index (χ1) is 9.53. The Morgan fingerprint density at radius 1 is 1.50 bits per heavy atom. The molecule has 2 rings (SSSR count). The number of anilines is 1. The average molecular weight is 300 g/mol. The third-order valence-corrected chi connectivity index (χ3v) is 5.09. The topological polar surface area (TPSA) is 106 Å². The van der Waals surface area contributed by atoms with Gasteiger partial charge in [-0.1, -0.05) is 0 Å². The van der Waals surface area contributed by atoms with Crippen molar-refractivity contribution in [3.63, 3.8) is 0 Å². The summed E-state index contributed by atoms with van der Waals surface area (Å²) < 4.78 is 32.3. The van der Waals surface area contributed by atoms with Crippen LogP contribution in [0.5, 0.6) is 0 Å². The molecule has 0 bridgehead atoms. The van der Waals surface area contributed by atoms with Crippen LogP contribution in [0.3, 0.4) is 0 Å². The zero-order valence-electron chi connectivity index (χ0n) is 11.4. The van der Waals surface area contributed by atoms with Crippen molar-refractivity contribution in [1.29, 1.82) is 0 Å². The number of ether oxygens (including phenoxy) is 1. The molecule has 0 radical (unpaired) electrons. The van der Waals surface area contributed by atoms with E-state index in [1.807, 2.05) is 0 Å². The molecule has 1 saturated carbocycles. The summed E-state index contributed by atoms with van der Waals surface area (Å²) >= 11 is 0. The van der Waals surface area contributed by atoms with E-state index in [0.717, 1.165) is 19.3 Å². The second kappa shape index (κ2) is 6.04. The molecule has 0 saturated heterocycles. The van der Waals surface area contributed by atoms with Gasteiger partial charge in [0.05, 0.1) is 5.69 Å². The Hall–Kier alpha value is -1.22. The van der Waals surface area contributed by atoms with E-state index in [4.69, 9.17) is 10.6 Å². The summed E-state index contributed by atoms with van der Waals surface area (Å²) in [6, 6.07) is 1.52. The highest BCUT2D eigenvalue weighted by atomic mass is 32.2. The molecule has 20 heavy (non-hydrogen) atoms. The Kier molecular flexibility index (Phi) is 4.59. The number of rotatable bonds is 8. The molecule has 1 aromatic rings. The smallest absolute Gasteiger partial charge is 0.244 e. The van der Waals surface area contributed by atoms with Crippen molar-refractivity contribution in [3.8, 4) is 0 Å². The van der Waals surface area contributed by atoms with Crippen LogP contribution in [0.4, 0.5) is 5.69 Å². The van der Waals surface area contributed by atoms with E-state index >= 15 is 0 Å². The van der Waals surface area contributed by atoms with E-state index in [1.54, 1.807) is 7.11 Å². The summed E-state index contributed by atoms with van der Waals surface area (Å²) in [5.41, 5.74) is 2.74. The lowest BCUT2D eigenvalue weighted by atomic mass is 10.0. The van der Waals surface area contributed by atoms with Crippen molar-refractivity contribution < 1.29 is 13.2 Å². The van der Waals surface area contributed by atoms with Gasteiger partial charge in [0, 0.05) is 32.7 Å². The lowest BCUT2D eigenvalue weighted by Crippen LogP contribution is -2.31. The minimum absolute atomic E-state index is 0.0432. The quantitative estimate of drug-likeness (QED) is 0.476. The Morgan fingerprint density at radius 2 is 2.25 bits per heavy atom. The lowest BCUT2D eigenvalue weighted by molar-refractivity contribution is 0.173. The predicted octanol–water partition coefficient (Wildman–Crippen LogP) is 0.462. The maximum Gasteiger partial charge on any atom is 0.244 e. The molecule has 1 aliphatic rings. The number of nitrogens with two attached hydrogens (primary N) is 1. The molecule has 1 fully saturated rings. The largest absolute Gasteiger partial charge is 0.385 e. The normalized spacial score (nSPS) is 16.9. The minimum Gasteiger partial charge on any atom is -0.385 e. The number of nitrogen functional groups attached to an aromatic ring is 1. The number of hydrogen-bond acceptors (Lipinski definition) is 6. The van der Waals surface area contributed by atoms with Crippen molar-refractivity contribution in [2.45, 2.75) is 24.2 Å². The third-order valence-electron chi connectivity index (χ3n) is 3.66. The average Bonchev–Trinajstić information content (AvgIpc) is 3.24. The molecular weight excluding hydrogens is 280 g/mol. The molecule has 112 valence electrons. The molecule has 8 heteroatoms. The van der Waals surface area contributed by atoms with Crippen molar-refractivity contribution in [1.82, 2.24) is 9.71 Å². The van der Waals surface area contributed by atoms with Gasteiger partial charge in [-0.2, -0.15) is 0 Å². The van der Waals surface area contributed by atoms with Crippen molar-refractivity contribution >= 4 is 15.7 Å². The molecule has 0 aliphatic heterocycles. The minimum atomic E-state index is -3.62. The molecule has 0 amide bonds. The molecular formula is C12H20N4O3S. The molecule has 0 unspecified atom stereocenters. The summed E-state index contributed by atoms with van der Waals surface area (Å²) in [7, 11) is -1.97. The van der Waals surface area contributed by atoms with E-state index in [0.29, 0.717) is 18.8 Å². The number of nitrogens with one attached hydrogen (secondary N) is 2. The molecule has 1 aliphatic carbocycles. The van der Waals surface area contributed by atoms with Crippen molar-refractivity contribution in [3.05, 3.63) is 18.5 Å². The zero-order valence-corrected chi connectivity index (χ0v) is 12.2. The number of hydrogen-bond donors (Lipinski definition) is 3. The first-order valence-corrected chi connectivity index (χ1v) is 7.91. The zero-order chi connectivity index (χ0) is 14.6. The SMILES string of the molecule is COCCC1(CNS(=O)(=O)c2cnccc2NN)CC1. The second-order valence-corrected chi connectivity index (χ2v) is 6.82. The van der Waals surface area contributed by atoms with Crippen LogP contribution in [-0.2, 0) is 14.8 Å². The first-order valence-electron chi connectivity index (χ1n) is 6.42. The van der Waals surface area contributed by atoms with Crippen LogP contribution < -0.4 is 16.0 Å². The molecule has 0 spiro atoms. The van der Waals surface area contributed by atoms with Gasteiger partial charge in [0.15, 0.2) is 0 Å². The van der Waals surface area contributed by atoms with Gasteiger partial charge in [-0.15, -0.1) is 0 Å². The van der Waals surface area contributed by atoms with Crippen LogP contribution >= 0.6 is 0 Å². The molecule has 1 aromatic heterocycles. The van der Waals surface area contributed by atoms with E-state index in [9.17, 15) is 8.42 Å². The summed E-state index contributed by atoms with van der Waals surface area (Å²) in [4.78, 5) is 3.89. The summed E-state index contributed by atoms with van der Waals surface area (Å²) in [5.74, 6) is 5.32. The monoisotopic (exact) mass is 300 g/mol. The predicted molar refractivity (Wildman–Crippen MR) is 75.4 cm³/mol. The Balaban J connectivity index is 2.05. The van der Waals surface area contributed by atoms with E-state index in [-0.39, 0.29) is 10.3 Å². The van der Waals surface area contributed by atoms with E-state index < -0.39 is 10.0 Å². The van der Waals surface area contributed by atoms with Gasteiger partial charge in [0.25, 0.3) is 0 Å². The highest BCUT2D eigenvalue weighted by molar-refractivity contribution is 7.89. The number of methoxy groups -OCH3 is 1. The number of pyridine rings is 1. The molecule has 1 heterocycles. The summed E-state index contributed by atoms with van der Waals surface area (Å²) in [5, 5.41) is 0. The number of aromatic nitrogens is 1. The third kappa shape index (κ3) is 3.45. The number of nitrogens with zero attached hydrogens (tertiary/aromatic N) is 1. The van der Waals surface area contributed by atoms with Crippen LogP contribution in [0.1, 0.15) is 19.3 Å². The maximum absolute atomic E-state index is 12.3. The van der Waals surface area contributed by atoms with Gasteiger partial charge in [0.1, 0.15) is 4.90 Å². The Labute approximate surface area is 118 Å². The maximum atomic E-state index is 12.3. The Morgan fingerprint density at radius 3 is 2.85 bits per heavy atom. The van der Waals surface area contributed by atoms with E-state index in [2.05, 4.69) is 15.1 Å². The Bertz CT molecular complexity index is 558. The van der Waals surface area contributed by atoms with Crippen LogP contribution in [0.15, 0.2) is 23.4 Å². The lowest BCUT2D eigenvalue weighted by Gasteiger charge is -2.16. The van der Waals surface area contributed by atoms with Gasteiger partial charge < -0.3 is 10.2 Å². The standard InChI is InChI=1S/C12H20N4O3S/c1-19-7-5-12(3-4-12)9-15-20(17,18)11-8-14-6-2-10(11)16-13/h2,6,8,15H,3-5,7,9,13H2,1H3,(H,14,16). The first kappa shape index (κ1) is 15.2. The fourth-order valence-electron chi connectivity index (χ4n) is 2.05. The van der Waals surface area contributed by atoms with Gasteiger partial charge in [-0.3, -0.25) is 10.8 Å². The summed E-state index contributed by atoms with van der Waals surface area (Å²) in [6.45, 7) is 1.06. The van der Waals surface area contributed by atoms with Gasteiger partial charge in [-0.25, -0.2) is 13.1 Å². The highest BCUT2D eigenvalue weighted by Gasteiger charge is 2.42. The van der Waals surface area contributed by atoms with Crippen molar-refractivity contribution in [2.24, 2.45) is 11.3 Å². The van der Waals surface area contributed by atoms with E-state index in [1.165, 1.54) is 18.5 Å². The van der Waals surface area contributed by atoms with Gasteiger partial charge in [0.2, 0.25) is 10.0 Å². The fraction of sp³-hybridized carbons (Fsp3) is 0.583. The number of hydrazine groups is 1. The van der Waals surface area contributed by atoms with Crippen molar-refractivity contribution in [2.75, 3.05) is 25.7 Å². The van der Waals surface area contributed by atoms with Crippen LogP contribution in [-0.4, -0.2) is 33.7 Å².